The maximum absolute atomic E-state index is 12.0. The average molecular weight is 286 g/mol. The molecule has 3 unspecified atom stereocenters. The van der Waals surface area contributed by atoms with E-state index in [0.717, 1.165) is 12.8 Å². The molecule has 112 valence electrons. The third-order valence-corrected chi connectivity index (χ3v) is 4.42. The fraction of sp³-hybridized carbons (Fsp3) is 0.529. The lowest BCUT2D eigenvalue weighted by Gasteiger charge is -2.34. The first-order chi connectivity index (χ1) is 10.1. The van der Waals surface area contributed by atoms with E-state index >= 15 is 0 Å². The molecule has 0 aromatic heterocycles. The van der Waals surface area contributed by atoms with Crippen molar-refractivity contribution in [2.75, 3.05) is 6.61 Å². The first kappa shape index (κ1) is 15.4. The number of benzene rings is 1. The molecule has 0 radical (unpaired) electrons. The molecule has 0 aliphatic heterocycles. The Kier molecular flexibility index (Phi) is 5.21. The van der Waals surface area contributed by atoms with Crippen LogP contribution in [0.4, 0.5) is 0 Å². The minimum absolute atomic E-state index is 0.0453. The number of para-hydroxylation sites is 1. The molecule has 0 heterocycles. The topological polar surface area (TPSA) is 62.1 Å². The van der Waals surface area contributed by atoms with Gasteiger partial charge in [-0.05, 0) is 30.4 Å². The smallest absolute Gasteiger partial charge is 0.258 e. The number of hydrogen-bond acceptors (Lipinski definition) is 3. The lowest BCUT2D eigenvalue weighted by atomic mass is 9.78. The standard InChI is InChI=1S/C17H22N2O2/c1-12-6-5-8-15(13(12)2)19-17(20)11-21-16-9-4-3-7-14(16)10-18/h3-4,7,9,12-13,15H,5-6,8,11H2,1-2H3,(H,19,20). The maximum Gasteiger partial charge on any atom is 0.258 e. The van der Waals surface area contributed by atoms with Gasteiger partial charge < -0.3 is 10.1 Å². The summed E-state index contributed by atoms with van der Waals surface area (Å²) in [4.78, 5) is 12.0. The van der Waals surface area contributed by atoms with E-state index in [1.807, 2.05) is 0 Å². The number of nitriles is 1. The number of carbonyl (C=O) groups excluding carboxylic acids is 1. The highest BCUT2D eigenvalue weighted by Gasteiger charge is 2.28. The van der Waals surface area contributed by atoms with Gasteiger partial charge in [0.2, 0.25) is 0 Å². The van der Waals surface area contributed by atoms with Crippen LogP contribution in [0.2, 0.25) is 0 Å². The molecular formula is C17H22N2O2. The molecule has 1 saturated carbocycles. The Morgan fingerprint density at radius 3 is 2.90 bits per heavy atom. The Morgan fingerprint density at radius 1 is 1.38 bits per heavy atom. The fourth-order valence-electron chi connectivity index (χ4n) is 2.86. The molecule has 1 amide bonds. The highest BCUT2D eigenvalue weighted by molar-refractivity contribution is 5.78. The lowest BCUT2D eigenvalue weighted by molar-refractivity contribution is -0.124. The largest absolute Gasteiger partial charge is 0.482 e. The predicted molar refractivity (Wildman–Crippen MR) is 80.8 cm³/mol. The number of nitrogens with one attached hydrogen (secondary N) is 1. The lowest BCUT2D eigenvalue weighted by Crippen LogP contribution is -2.45. The van der Waals surface area contributed by atoms with E-state index in [-0.39, 0.29) is 18.6 Å². The second-order valence-corrected chi connectivity index (χ2v) is 5.84. The molecule has 4 nitrogen and oxygen atoms in total. The quantitative estimate of drug-likeness (QED) is 0.925. The molecule has 4 heteroatoms. The average Bonchev–Trinajstić information content (AvgIpc) is 2.50. The van der Waals surface area contributed by atoms with Crippen LogP contribution in [0.25, 0.3) is 0 Å². The predicted octanol–water partition coefficient (Wildman–Crippen LogP) is 2.88. The van der Waals surface area contributed by atoms with Crippen molar-refractivity contribution in [3.8, 4) is 11.8 Å². The first-order valence-corrected chi connectivity index (χ1v) is 7.53. The van der Waals surface area contributed by atoms with E-state index in [0.29, 0.717) is 23.1 Å². The van der Waals surface area contributed by atoms with Crippen LogP contribution in [0.1, 0.15) is 38.7 Å². The van der Waals surface area contributed by atoms with Crippen molar-refractivity contribution < 1.29 is 9.53 Å². The van der Waals surface area contributed by atoms with Gasteiger partial charge in [0.05, 0.1) is 5.56 Å². The van der Waals surface area contributed by atoms with Crippen molar-refractivity contribution in [1.29, 1.82) is 5.26 Å². The highest BCUT2D eigenvalue weighted by Crippen LogP contribution is 2.29. The summed E-state index contributed by atoms with van der Waals surface area (Å²) < 4.78 is 5.46. The zero-order chi connectivity index (χ0) is 15.2. The summed E-state index contributed by atoms with van der Waals surface area (Å²) in [6.07, 6.45) is 3.43. The summed E-state index contributed by atoms with van der Waals surface area (Å²) in [6, 6.07) is 9.24. The van der Waals surface area contributed by atoms with Crippen molar-refractivity contribution in [3.05, 3.63) is 29.8 Å². The second-order valence-electron chi connectivity index (χ2n) is 5.84. The van der Waals surface area contributed by atoms with Gasteiger partial charge in [0.15, 0.2) is 6.61 Å². The summed E-state index contributed by atoms with van der Waals surface area (Å²) in [7, 11) is 0. The zero-order valence-electron chi connectivity index (χ0n) is 12.6. The molecule has 1 aliphatic rings. The summed E-state index contributed by atoms with van der Waals surface area (Å²) in [6.45, 7) is 4.39. The molecular weight excluding hydrogens is 264 g/mol. The summed E-state index contributed by atoms with van der Waals surface area (Å²) in [5.41, 5.74) is 0.449. The molecule has 2 rings (SSSR count). The van der Waals surface area contributed by atoms with Crippen molar-refractivity contribution >= 4 is 5.91 Å². The minimum Gasteiger partial charge on any atom is -0.482 e. The summed E-state index contributed by atoms with van der Waals surface area (Å²) >= 11 is 0. The summed E-state index contributed by atoms with van der Waals surface area (Å²) in [5.74, 6) is 1.48. The van der Waals surface area contributed by atoms with Crippen LogP contribution < -0.4 is 10.1 Å². The third-order valence-electron chi connectivity index (χ3n) is 4.42. The third kappa shape index (κ3) is 3.98. The number of ether oxygens (including phenoxy) is 1. The monoisotopic (exact) mass is 286 g/mol. The van der Waals surface area contributed by atoms with Gasteiger partial charge in [-0.15, -0.1) is 0 Å². The summed E-state index contributed by atoms with van der Waals surface area (Å²) in [5, 5.41) is 12.0. The Hall–Kier alpha value is -2.02. The van der Waals surface area contributed by atoms with Gasteiger partial charge in [0.1, 0.15) is 11.8 Å². The van der Waals surface area contributed by atoms with Crippen molar-refractivity contribution in [1.82, 2.24) is 5.32 Å². The Bertz CT molecular complexity index is 536. The van der Waals surface area contributed by atoms with E-state index < -0.39 is 0 Å². The van der Waals surface area contributed by atoms with Crippen molar-refractivity contribution in [2.24, 2.45) is 11.8 Å². The van der Waals surface area contributed by atoms with E-state index in [2.05, 4.69) is 25.2 Å². The van der Waals surface area contributed by atoms with Gasteiger partial charge >= 0.3 is 0 Å². The maximum atomic E-state index is 12.0. The van der Waals surface area contributed by atoms with Gasteiger partial charge in [0.25, 0.3) is 5.91 Å². The van der Waals surface area contributed by atoms with Gasteiger partial charge in [-0.2, -0.15) is 5.26 Å². The highest BCUT2D eigenvalue weighted by atomic mass is 16.5. The molecule has 21 heavy (non-hydrogen) atoms. The molecule has 1 aromatic rings. The SMILES string of the molecule is CC1CCCC(NC(=O)COc2ccccc2C#N)C1C. The van der Waals surface area contributed by atoms with Crippen LogP contribution in [0.3, 0.4) is 0 Å². The zero-order valence-corrected chi connectivity index (χ0v) is 12.6. The van der Waals surface area contributed by atoms with Crippen LogP contribution in [0, 0.1) is 23.2 Å². The van der Waals surface area contributed by atoms with Gasteiger partial charge in [0, 0.05) is 6.04 Å². The van der Waals surface area contributed by atoms with E-state index in [1.165, 1.54) is 6.42 Å². The van der Waals surface area contributed by atoms with E-state index in [1.54, 1.807) is 24.3 Å². The molecule has 0 spiro atoms. The second kappa shape index (κ2) is 7.12. The molecule has 0 saturated heterocycles. The fourth-order valence-corrected chi connectivity index (χ4v) is 2.86. The Labute approximate surface area is 126 Å². The van der Waals surface area contributed by atoms with Crippen molar-refractivity contribution in [3.63, 3.8) is 0 Å². The van der Waals surface area contributed by atoms with Gasteiger partial charge in [-0.1, -0.05) is 38.8 Å². The number of amides is 1. The number of carbonyl (C=O) groups is 1. The van der Waals surface area contributed by atoms with Gasteiger partial charge in [-0.25, -0.2) is 0 Å². The molecule has 1 fully saturated rings. The Morgan fingerprint density at radius 2 is 2.14 bits per heavy atom. The number of nitrogens with zero attached hydrogens (tertiary/aromatic N) is 1. The molecule has 3 atom stereocenters. The van der Waals surface area contributed by atoms with Crippen LogP contribution in [0.5, 0.6) is 5.75 Å². The Balaban J connectivity index is 1.86. The molecule has 1 aliphatic carbocycles. The van der Waals surface area contributed by atoms with E-state index in [9.17, 15) is 4.79 Å². The van der Waals surface area contributed by atoms with Crippen molar-refractivity contribution in [2.45, 2.75) is 39.2 Å². The van der Waals surface area contributed by atoms with E-state index in [4.69, 9.17) is 10.00 Å². The van der Waals surface area contributed by atoms with Gasteiger partial charge in [-0.3, -0.25) is 4.79 Å². The minimum atomic E-state index is -0.117. The first-order valence-electron chi connectivity index (χ1n) is 7.53. The van der Waals surface area contributed by atoms with Crippen LogP contribution in [0.15, 0.2) is 24.3 Å². The molecule has 0 bridgehead atoms. The number of hydrogen-bond donors (Lipinski definition) is 1. The normalized spacial score (nSPS) is 24.9. The van der Waals surface area contributed by atoms with Crippen LogP contribution >= 0.6 is 0 Å². The molecule has 1 N–H and O–H groups in total. The number of rotatable bonds is 4. The van der Waals surface area contributed by atoms with Crippen LogP contribution in [-0.4, -0.2) is 18.6 Å². The van der Waals surface area contributed by atoms with Crippen LogP contribution in [-0.2, 0) is 4.79 Å². The molecule has 1 aromatic carbocycles.